The van der Waals surface area contributed by atoms with E-state index in [0.717, 1.165) is 18.0 Å². The Morgan fingerprint density at radius 1 is 1.11 bits per heavy atom. The lowest BCUT2D eigenvalue weighted by atomic mass is 9.86. The van der Waals surface area contributed by atoms with Crippen molar-refractivity contribution in [2.45, 2.75) is 77.3 Å². The van der Waals surface area contributed by atoms with Gasteiger partial charge in [0.2, 0.25) is 0 Å². The molecule has 2 fully saturated rings. The van der Waals surface area contributed by atoms with E-state index < -0.39 is 0 Å². The summed E-state index contributed by atoms with van der Waals surface area (Å²) in [6.45, 7) is 8.49. The van der Waals surface area contributed by atoms with Gasteiger partial charge in [0.05, 0.1) is 0 Å². The molecule has 0 aromatic rings. The van der Waals surface area contributed by atoms with Crippen LogP contribution in [0.5, 0.6) is 0 Å². The van der Waals surface area contributed by atoms with Crippen molar-refractivity contribution in [3.8, 4) is 0 Å². The minimum atomic E-state index is 0.738. The Hall–Kier alpha value is -0.0800. The van der Waals surface area contributed by atoms with Crippen LogP contribution in [0.15, 0.2) is 0 Å². The van der Waals surface area contributed by atoms with E-state index in [1.54, 1.807) is 0 Å². The molecule has 1 heterocycles. The smallest absolute Gasteiger partial charge is 0.0195 e. The van der Waals surface area contributed by atoms with Crippen molar-refractivity contribution in [3.63, 3.8) is 0 Å². The highest BCUT2D eigenvalue weighted by atomic mass is 15.2. The van der Waals surface area contributed by atoms with Gasteiger partial charge in [0, 0.05) is 25.2 Å². The summed E-state index contributed by atoms with van der Waals surface area (Å²) in [5.41, 5.74) is 0. The molecule has 0 amide bonds. The van der Waals surface area contributed by atoms with Gasteiger partial charge in [-0.2, -0.15) is 0 Å². The predicted octanol–water partition coefficient (Wildman–Crippen LogP) is 3.42. The first-order valence-corrected chi connectivity index (χ1v) is 8.27. The Morgan fingerprint density at radius 3 is 2.61 bits per heavy atom. The van der Waals surface area contributed by atoms with E-state index in [1.807, 2.05) is 0 Å². The molecule has 0 aromatic heterocycles. The molecule has 106 valence electrons. The average molecular weight is 252 g/mol. The van der Waals surface area contributed by atoms with Crippen molar-refractivity contribution < 1.29 is 0 Å². The molecular weight excluding hydrogens is 220 g/mol. The Bertz CT molecular complexity index is 223. The molecule has 1 N–H and O–H groups in total. The summed E-state index contributed by atoms with van der Waals surface area (Å²) in [7, 11) is 0. The molecule has 1 saturated heterocycles. The van der Waals surface area contributed by atoms with Crippen molar-refractivity contribution in [2.24, 2.45) is 5.92 Å². The van der Waals surface area contributed by atoms with E-state index in [1.165, 1.54) is 71.0 Å². The summed E-state index contributed by atoms with van der Waals surface area (Å²) in [6, 6.07) is 1.49. The van der Waals surface area contributed by atoms with Crippen molar-refractivity contribution in [3.05, 3.63) is 0 Å². The second-order valence-corrected chi connectivity index (χ2v) is 6.53. The van der Waals surface area contributed by atoms with Crippen molar-refractivity contribution in [1.29, 1.82) is 0 Å². The van der Waals surface area contributed by atoms with Crippen molar-refractivity contribution in [2.75, 3.05) is 19.6 Å². The number of piperazine rings is 1. The Kier molecular flexibility index (Phi) is 5.97. The molecule has 1 saturated carbocycles. The molecule has 0 bridgehead atoms. The monoisotopic (exact) mass is 252 g/mol. The van der Waals surface area contributed by atoms with Crippen molar-refractivity contribution >= 4 is 0 Å². The van der Waals surface area contributed by atoms with Crippen LogP contribution < -0.4 is 5.32 Å². The van der Waals surface area contributed by atoms with Crippen LogP contribution in [-0.2, 0) is 0 Å². The second kappa shape index (κ2) is 7.49. The lowest BCUT2D eigenvalue weighted by molar-refractivity contribution is 0.124. The molecule has 18 heavy (non-hydrogen) atoms. The summed E-state index contributed by atoms with van der Waals surface area (Å²) in [6.07, 6.45) is 11.6. The first-order valence-electron chi connectivity index (χ1n) is 8.27. The van der Waals surface area contributed by atoms with E-state index in [9.17, 15) is 0 Å². The fourth-order valence-corrected chi connectivity index (χ4v) is 3.67. The normalized spacial score (nSPS) is 31.7. The van der Waals surface area contributed by atoms with Crippen LogP contribution in [-0.4, -0.2) is 36.6 Å². The molecule has 2 unspecified atom stereocenters. The summed E-state index contributed by atoms with van der Waals surface area (Å²) >= 11 is 0. The third kappa shape index (κ3) is 4.24. The van der Waals surface area contributed by atoms with Gasteiger partial charge >= 0.3 is 0 Å². The van der Waals surface area contributed by atoms with E-state index in [0.29, 0.717) is 0 Å². The maximum absolute atomic E-state index is 3.70. The van der Waals surface area contributed by atoms with Gasteiger partial charge in [-0.3, -0.25) is 4.90 Å². The second-order valence-electron chi connectivity index (χ2n) is 6.53. The zero-order valence-corrected chi connectivity index (χ0v) is 12.5. The minimum Gasteiger partial charge on any atom is -0.311 e. The molecule has 2 heteroatoms. The highest BCUT2D eigenvalue weighted by Gasteiger charge is 2.25. The molecular formula is C16H32N2. The standard InChI is InChI=1S/C16H32N2/c1-3-7-16-13-18(14(2)12-17-16)11-10-15-8-5-4-6-9-15/h14-17H,3-13H2,1-2H3. The third-order valence-corrected chi connectivity index (χ3v) is 4.97. The fraction of sp³-hybridized carbons (Fsp3) is 1.00. The molecule has 1 aliphatic heterocycles. The quantitative estimate of drug-likeness (QED) is 0.806. The van der Waals surface area contributed by atoms with E-state index in [-0.39, 0.29) is 0 Å². The zero-order valence-electron chi connectivity index (χ0n) is 12.5. The van der Waals surface area contributed by atoms with Gasteiger partial charge in [0.15, 0.2) is 0 Å². The third-order valence-electron chi connectivity index (χ3n) is 4.97. The van der Waals surface area contributed by atoms with Gasteiger partial charge in [-0.05, 0) is 32.2 Å². The molecule has 0 spiro atoms. The summed E-state index contributed by atoms with van der Waals surface area (Å²) in [5.74, 6) is 1.03. The van der Waals surface area contributed by atoms with Crippen LogP contribution in [0.25, 0.3) is 0 Å². The van der Waals surface area contributed by atoms with Crippen molar-refractivity contribution in [1.82, 2.24) is 10.2 Å². The Labute approximate surface area is 114 Å². The molecule has 2 nitrogen and oxygen atoms in total. The van der Waals surface area contributed by atoms with Crippen LogP contribution in [0.4, 0.5) is 0 Å². The van der Waals surface area contributed by atoms with Crippen LogP contribution in [0.1, 0.15) is 65.2 Å². The highest BCUT2D eigenvalue weighted by Crippen LogP contribution is 2.27. The minimum absolute atomic E-state index is 0.738. The fourth-order valence-electron chi connectivity index (χ4n) is 3.67. The van der Waals surface area contributed by atoms with E-state index >= 15 is 0 Å². The van der Waals surface area contributed by atoms with Gasteiger partial charge in [-0.25, -0.2) is 0 Å². The first kappa shape index (κ1) is 14.3. The Balaban J connectivity index is 1.72. The van der Waals surface area contributed by atoms with E-state index in [2.05, 4.69) is 24.1 Å². The number of hydrogen-bond acceptors (Lipinski definition) is 2. The predicted molar refractivity (Wildman–Crippen MR) is 78.9 cm³/mol. The number of nitrogens with zero attached hydrogens (tertiary/aromatic N) is 1. The maximum Gasteiger partial charge on any atom is 0.0195 e. The lowest BCUT2D eigenvalue weighted by Gasteiger charge is -2.39. The molecule has 0 aromatic carbocycles. The molecule has 2 rings (SSSR count). The summed E-state index contributed by atoms with van der Waals surface area (Å²) in [4.78, 5) is 2.74. The number of nitrogens with one attached hydrogen (secondary N) is 1. The van der Waals surface area contributed by atoms with Gasteiger partial charge in [0.25, 0.3) is 0 Å². The molecule has 2 atom stereocenters. The molecule has 0 radical (unpaired) electrons. The topological polar surface area (TPSA) is 15.3 Å². The number of rotatable bonds is 5. The van der Waals surface area contributed by atoms with Gasteiger partial charge in [0.1, 0.15) is 0 Å². The average Bonchev–Trinajstić information content (AvgIpc) is 2.41. The SMILES string of the molecule is CCCC1CN(CCC2CCCCC2)C(C)CN1. The maximum atomic E-state index is 3.70. The van der Waals surface area contributed by atoms with Crippen LogP contribution in [0.2, 0.25) is 0 Å². The molecule has 2 aliphatic rings. The number of hydrogen-bond donors (Lipinski definition) is 1. The van der Waals surface area contributed by atoms with Crippen LogP contribution in [0, 0.1) is 5.92 Å². The summed E-state index contributed by atoms with van der Waals surface area (Å²) in [5, 5.41) is 3.70. The lowest BCUT2D eigenvalue weighted by Crippen LogP contribution is -2.55. The van der Waals surface area contributed by atoms with Gasteiger partial charge < -0.3 is 5.32 Å². The van der Waals surface area contributed by atoms with Crippen LogP contribution in [0.3, 0.4) is 0 Å². The van der Waals surface area contributed by atoms with Gasteiger partial charge in [-0.15, -0.1) is 0 Å². The largest absolute Gasteiger partial charge is 0.311 e. The first-order chi connectivity index (χ1) is 8.79. The van der Waals surface area contributed by atoms with Gasteiger partial charge in [-0.1, -0.05) is 45.4 Å². The summed E-state index contributed by atoms with van der Waals surface area (Å²) < 4.78 is 0. The van der Waals surface area contributed by atoms with Crippen LogP contribution >= 0.6 is 0 Å². The highest BCUT2D eigenvalue weighted by molar-refractivity contribution is 4.84. The van der Waals surface area contributed by atoms with E-state index in [4.69, 9.17) is 0 Å². The Morgan fingerprint density at radius 2 is 1.89 bits per heavy atom. The molecule has 1 aliphatic carbocycles. The zero-order chi connectivity index (χ0) is 12.8.